The lowest BCUT2D eigenvalue weighted by Crippen LogP contribution is -2.42. The summed E-state index contributed by atoms with van der Waals surface area (Å²) in [5.74, 6) is 0. The summed E-state index contributed by atoms with van der Waals surface area (Å²) >= 11 is 3.80. The van der Waals surface area contributed by atoms with Crippen LogP contribution < -0.4 is 5.73 Å². The van der Waals surface area contributed by atoms with Crippen molar-refractivity contribution in [2.75, 3.05) is 6.54 Å². The molecule has 20 heavy (non-hydrogen) atoms. The molecule has 1 aliphatic rings. The second-order valence-electron chi connectivity index (χ2n) is 5.55. The van der Waals surface area contributed by atoms with Crippen molar-refractivity contribution in [2.45, 2.75) is 45.3 Å². The first-order valence-electron chi connectivity index (χ1n) is 7.30. The fraction of sp³-hybridized carbons (Fsp3) is 0.500. The summed E-state index contributed by atoms with van der Waals surface area (Å²) in [4.78, 5) is 6.94. The van der Waals surface area contributed by atoms with Crippen LogP contribution in [0.25, 0.3) is 0 Å². The predicted molar refractivity (Wildman–Crippen MR) is 88.5 cm³/mol. The summed E-state index contributed by atoms with van der Waals surface area (Å²) in [5, 5.41) is 2.22. The molecule has 3 heterocycles. The molecule has 0 fully saturated rings. The van der Waals surface area contributed by atoms with Crippen LogP contribution in [0.3, 0.4) is 0 Å². The van der Waals surface area contributed by atoms with E-state index in [4.69, 9.17) is 5.73 Å². The second-order valence-corrected chi connectivity index (χ2v) is 7.87. The minimum absolute atomic E-state index is 0.216. The van der Waals surface area contributed by atoms with E-state index >= 15 is 0 Å². The summed E-state index contributed by atoms with van der Waals surface area (Å²) in [7, 11) is 0. The molecule has 0 aromatic carbocycles. The molecule has 0 aliphatic carbocycles. The molecule has 108 valence electrons. The van der Waals surface area contributed by atoms with E-state index in [0.717, 1.165) is 19.5 Å². The number of fused-ring (bicyclic) bond motifs is 1. The molecule has 2 aromatic heterocycles. The second kappa shape index (κ2) is 5.98. The van der Waals surface area contributed by atoms with Crippen LogP contribution in [0, 0.1) is 6.92 Å². The van der Waals surface area contributed by atoms with Crippen molar-refractivity contribution in [2.24, 2.45) is 5.73 Å². The lowest BCUT2D eigenvalue weighted by Gasteiger charge is -2.37. The van der Waals surface area contributed by atoms with E-state index in [-0.39, 0.29) is 6.04 Å². The largest absolute Gasteiger partial charge is 0.326 e. The fourth-order valence-electron chi connectivity index (χ4n) is 3.01. The number of nitrogens with two attached hydrogens (primary N) is 1. The van der Waals surface area contributed by atoms with Gasteiger partial charge in [-0.2, -0.15) is 0 Å². The number of aryl methyl sites for hydroxylation is 1. The van der Waals surface area contributed by atoms with Crippen LogP contribution in [-0.2, 0) is 13.0 Å². The molecule has 0 amide bonds. The highest BCUT2D eigenvalue weighted by Crippen LogP contribution is 2.35. The molecule has 2 N–H and O–H groups in total. The van der Waals surface area contributed by atoms with Gasteiger partial charge in [0.25, 0.3) is 0 Å². The van der Waals surface area contributed by atoms with Gasteiger partial charge < -0.3 is 5.73 Å². The Balaban J connectivity index is 1.87. The van der Waals surface area contributed by atoms with Crippen molar-refractivity contribution >= 4 is 22.7 Å². The van der Waals surface area contributed by atoms with E-state index in [9.17, 15) is 0 Å². The van der Waals surface area contributed by atoms with Crippen LogP contribution >= 0.6 is 22.7 Å². The first kappa shape index (κ1) is 14.3. The van der Waals surface area contributed by atoms with Crippen molar-refractivity contribution in [3.05, 3.63) is 43.8 Å². The highest BCUT2D eigenvalue weighted by molar-refractivity contribution is 7.12. The molecule has 2 unspecified atom stereocenters. The molecule has 0 bridgehead atoms. The van der Waals surface area contributed by atoms with Crippen LogP contribution in [0.4, 0.5) is 0 Å². The van der Waals surface area contributed by atoms with E-state index in [2.05, 4.69) is 42.3 Å². The van der Waals surface area contributed by atoms with Crippen LogP contribution in [0.1, 0.15) is 39.6 Å². The summed E-state index contributed by atoms with van der Waals surface area (Å²) in [6.07, 6.45) is 2.19. The Bertz CT molecular complexity index is 573. The van der Waals surface area contributed by atoms with Crippen LogP contribution in [-0.4, -0.2) is 17.5 Å². The van der Waals surface area contributed by atoms with Gasteiger partial charge >= 0.3 is 0 Å². The third-order valence-electron chi connectivity index (χ3n) is 4.16. The molecule has 0 saturated heterocycles. The van der Waals surface area contributed by atoms with Crippen molar-refractivity contribution < 1.29 is 0 Å². The van der Waals surface area contributed by atoms with E-state index < -0.39 is 0 Å². The van der Waals surface area contributed by atoms with Gasteiger partial charge in [0.1, 0.15) is 0 Å². The Kier molecular flexibility index (Phi) is 4.26. The minimum atomic E-state index is 0.216. The van der Waals surface area contributed by atoms with Gasteiger partial charge in [-0.1, -0.05) is 6.92 Å². The molecular formula is C16H22N2S2. The first-order valence-corrected chi connectivity index (χ1v) is 9.00. The highest BCUT2D eigenvalue weighted by atomic mass is 32.1. The molecule has 4 heteroatoms. The zero-order valence-electron chi connectivity index (χ0n) is 12.1. The Morgan fingerprint density at radius 2 is 2.20 bits per heavy atom. The highest BCUT2D eigenvalue weighted by Gasteiger charge is 2.29. The third kappa shape index (κ3) is 2.70. The lowest BCUT2D eigenvalue weighted by molar-refractivity contribution is 0.157. The van der Waals surface area contributed by atoms with Gasteiger partial charge in [-0.25, -0.2) is 0 Å². The van der Waals surface area contributed by atoms with E-state index in [1.165, 1.54) is 21.7 Å². The van der Waals surface area contributed by atoms with Gasteiger partial charge in [0.05, 0.1) is 6.04 Å². The number of rotatable bonds is 4. The van der Waals surface area contributed by atoms with E-state index in [1.54, 1.807) is 4.88 Å². The summed E-state index contributed by atoms with van der Waals surface area (Å²) < 4.78 is 0. The summed E-state index contributed by atoms with van der Waals surface area (Å²) in [5.41, 5.74) is 7.95. The Labute approximate surface area is 129 Å². The quantitative estimate of drug-likeness (QED) is 0.926. The number of hydrogen-bond acceptors (Lipinski definition) is 4. The Hall–Kier alpha value is -0.680. The summed E-state index contributed by atoms with van der Waals surface area (Å²) in [6, 6.07) is 7.35. The standard InChI is InChI=1S/C16H22N2S2/c1-3-13(17)16(15-5-4-11(2)20-15)18-8-6-14-12(10-18)7-9-19-14/h4-5,7,9,13,16H,3,6,8,10,17H2,1-2H3. The van der Waals surface area contributed by atoms with Gasteiger partial charge in [0.15, 0.2) is 0 Å². The van der Waals surface area contributed by atoms with Gasteiger partial charge in [-0.3, -0.25) is 4.90 Å². The van der Waals surface area contributed by atoms with Gasteiger partial charge in [0, 0.05) is 33.8 Å². The Morgan fingerprint density at radius 1 is 1.35 bits per heavy atom. The monoisotopic (exact) mass is 306 g/mol. The molecular weight excluding hydrogens is 284 g/mol. The fourth-order valence-corrected chi connectivity index (χ4v) is 4.98. The molecule has 0 radical (unpaired) electrons. The van der Waals surface area contributed by atoms with Crippen molar-refractivity contribution in [1.82, 2.24) is 4.90 Å². The number of nitrogens with zero attached hydrogens (tertiary/aromatic N) is 1. The van der Waals surface area contributed by atoms with Gasteiger partial charge in [0.2, 0.25) is 0 Å². The van der Waals surface area contributed by atoms with Crippen LogP contribution in [0.2, 0.25) is 0 Å². The normalized spacial score (nSPS) is 18.8. The van der Waals surface area contributed by atoms with Gasteiger partial charge in [-0.15, -0.1) is 22.7 Å². The van der Waals surface area contributed by atoms with Crippen molar-refractivity contribution in [3.8, 4) is 0 Å². The number of thiophene rings is 2. The molecule has 3 rings (SSSR count). The van der Waals surface area contributed by atoms with Crippen LogP contribution in [0.15, 0.2) is 23.6 Å². The molecule has 2 aromatic rings. The summed E-state index contributed by atoms with van der Waals surface area (Å²) in [6.45, 7) is 6.55. The topological polar surface area (TPSA) is 29.3 Å². The molecule has 2 atom stereocenters. The minimum Gasteiger partial charge on any atom is -0.326 e. The molecule has 1 aliphatic heterocycles. The molecule has 2 nitrogen and oxygen atoms in total. The zero-order chi connectivity index (χ0) is 14.1. The van der Waals surface area contributed by atoms with Crippen molar-refractivity contribution in [1.29, 1.82) is 0 Å². The van der Waals surface area contributed by atoms with Crippen molar-refractivity contribution in [3.63, 3.8) is 0 Å². The first-order chi connectivity index (χ1) is 9.69. The maximum Gasteiger partial charge on any atom is 0.0596 e. The molecule has 0 spiro atoms. The number of hydrogen-bond donors (Lipinski definition) is 1. The SMILES string of the molecule is CCC(N)C(c1ccc(C)s1)N1CCc2sccc2C1. The zero-order valence-corrected chi connectivity index (χ0v) is 13.8. The predicted octanol–water partition coefficient (Wildman–Crippen LogP) is 3.95. The average Bonchev–Trinajstić information content (AvgIpc) is 3.07. The average molecular weight is 306 g/mol. The van der Waals surface area contributed by atoms with Crippen LogP contribution in [0.5, 0.6) is 0 Å². The Morgan fingerprint density at radius 3 is 2.90 bits per heavy atom. The van der Waals surface area contributed by atoms with Gasteiger partial charge in [-0.05, 0) is 48.9 Å². The smallest absolute Gasteiger partial charge is 0.0596 e. The molecule has 0 saturated carbocycles. The van der Waals surface area contributed by atoms with E-state index in [1.807, 2.05) is 22.7 Å². The maximum absolute atomic E-state index is 6.45. The maximum atomic E-state index is 6.45. The van der Waals surface area contributed by atoms with E-state index in [0.29, 0.717) is 6.04 Å². The lowest BCUT2D eigenvalue weighted by atomic mass is 9.99. The third-order valence-corrected chi connectivity index (χ3v) is 6.25.